The van der Waals surface area contributed by atoms with Gasteiger partial charge in [-0.3, -0.25) is 14.5 Å². The Balaban J connectivity index is 1.36. The van der Waals surface area contributed by atoms with E-state index in [1.165, 1.54) is 12.8 Å². The van der Waals surface area contributed by atoms with Gasteiger partial charge in [0.2, 0.25) is 5.91 Å². The van der Waals surface area contributed by atoms with Crippen LogP contribution in [0.25, 0.3) is 11.1 Å². The molecule has 31 heavy (non-hydrogen) atoms. The van der Waals surface area contributed by atoms with Crippen molar-refractivity contribution in [1.29, 1.82) is 0 Å². The van der Waals surface area contributed by atoms with Gasteiger partial charge in [0, 0.05) is 56.8 Å². The van der Waals surface area contributed by atoms with Gasteiger partial charge in [0.25, 0.3) is 5.56 Å². The van der Waals surface area contributed by atoms with Crippen LogP contribution in [0.5, 0.6) is 0 Å². The summed E-state index contributed by atoms with van der Waals surface area (Å²) in [5, 5.41) is 6.36. The number of H-pyrrole nitrogens is 1. The Bertz CT molecular complexity index is 996. The maximum Gasteiger partial charge on any atom is 0.271 e. The topological polar surface area (TPSA) is 93.4 Å². The van der Waals surface area contributed by atoms with Gasteiger partial charge < -0.3 is 20.5 Å². The number of aromatic nitrogens is 2. The molecule has 4 heterocycles. The van der Waals surface area contributed by atoms with Gasteiger partial charge >= 0.3 is 0 Å². The first-order valence-electron chi connectivity index (χ1n) is 10.9. The first kappa shape index (κ1) is 21.1. The van der Waals surface area contributed by atoms with E-state index in [9.17, 15) is 9.59 Å². The van der Waals surface area contributed by atoms with Crippen LogP contribution in [0, 0.1) is 0 Å². The maximum atomic E-state index is 12.5. The minimum absolute atomic E-state index is 0.0440. The van der Waals surface area contributed by atoms with Crippen molar-refractivity contribution in [3.63, 3.8) is 0 Å². The predicted octanol–water partition coefficient (Wildman–Crippen LogP) is 2.14. The third kappa shape index (κ3) is 5.32. The van der Waals surface area contributed by atoms with Gasteiger partial charge in [0.05, 0.1) is 0 Å². The number of pyridine rings is 2. The molecule has 0 bridgehead atoms. The largest absolute Gasteiger partial charge is 0.376 e. The van der Waals surface area contributed by atoms with Crippen molar-refractivity contribution in [2.45, 2.75) is 25.3 Å². The van der Waals surface area contributed by atoms with Crippen molar-refractivity contribution in [2.24, 2.45) is 0 Å². The van der Waals surface area contributed by atoms with Crippen LogP contribution < -0.4 is 16.2 Å². The molecule has 2 aliphatic rings. The molecule has 1 atom stereocenters. The number of likely N-dealkylation sites (tertiary alicyclic amines) is 2. The van der Waals surface area contributed by atoms with E-state index in [-0.39, 0.29) is 17.5 Å². The van der Waals surface area contributed by atoms with Crippen molar-refractivity contribution in [3.05, 3.63) is 53.1 Å². The van der Waals surface area contributed by atoms with Crippen LogP contribution >= 0.6 is 0 Å². The molecular weight excluding hydrogens is 392 g/mol. The van der Waals surface area contributed by atoms with E-state index >= 15 is 0 Å². The van der Waals surface area contributed by atoms with Crippen LogP contribution in [0.2, 0.25) is 0 Å². The third-order valence-electron chi connectivity index (χ3n) is 5.93. The molecule has 2 aliphatic heterocycles. The number of aromatic amines is 1. The number of nitrogens with one attached hydrogen (secondary N) is 3. The van der Waals surface area contributed by atoms with E-state index in [1.807, 2.05) is 36.2 Å². The van der Waals surface area contributed by atoms with Gasteiger partial charge in [-0.25, -0.2) is 4.98 Å². The summed E-state index contributed by atoms with van der Waals surface area (Å²) >= 11 is 0. The van der Waals surface area contributed by atoms with Crippen molar-refractivity contribution >= 4 is 17.4 Å². The lowest BCUT2D eigenvalue weighted by molar-refractivity contribution is -0.125. The van der Waals surface area contributed by atoms with Gasteiger partial charge in [-0.05, 0) is 56.1 Å². The average molecular weight is 423 g/mol. The molecule has 3 N–H and O–H groups in total. The number of rotatable bonds is 7. The highest BCUT2D eigenvalue weighted by Crippen LogP contribution is 2.23. The number of carbonyl (C=O) groups excluding carboxylic acids is 1. The molecule has 0 saturated carbocycles. The van der Waals surface area contributed by atoms with Crippen LogP contribution in [-0.2, 0) is 4.79 Å². The minimum Gasteiger partial charge on any atom is -0.376 e. The van der Waals surface area contributed by atoms with E-state index in [0.29, 0.717) is 18.8 Å². The normalized spacial score (nSPS) is 19.3. The van der Waals surface area contributed by atoms with Crippen LogP contribution in [-0.4, -0.2) is 71.5 Å². The zero-order valence-electron chi connectivity index (χ0n) is 17.9. The Morgan fingerprint density at radius 2 is 2.10 bits per heavy atom. The molecule has 4 rings (SSSR count). The number of carbonyl (C=O) groups is 1. The predicted molar refractivity (Wildman–Crippen MR) is 123 cm³/mol. The summed E-state index contributed by atoms with van der Waals surface area (Å²) in [5.41, 5.74) is 2.22. The fourth-order valence-corrected chi connectivity index (χ4v) is 4.18. The number of anilines is 2. The van der Waals surface area contributed by atoms with Crippen molar-refractivity contribution in [3.8, 4) is 11.1 Å². The molecule has 2 aromatic rings. The molecule has 0 spiro atoms. The Hall–Kier alpha value is -3.13. The van der Waals surface area contributed by atoms with Gasteiger partial charge in [-0.2, -0.15) is 0 Å². The molecule has 8 nitrogen and oxygen atoms in total. The molecule has 0 aromatic carbocycles. The van der Waals surface area contributed by atoms with E-state index < -0.39 is 0 Å². The second-order valence-corrected chi connectivity index (χ2v) is 8.14. The fourth-order valence-electron chi connectivity index (χ4n) is 4.18. The molecule has 2 fully saturated rings. The lowest BCUT2D eigenvalue weighted by Gasteiger charge is -2.17. The molecular formula is C23H30N6O2. The molecule has 164 valence electrons. The molecule has 0 unspecified atom stereocenters. The Morgan fingerprint density at radius 1 is 1.26 bits per heavy atom. The monoisotopic (exact) mass is 422 g/mol. The van der Waals surface area contributed by atoms with E-state index in [2.05, 4.69) is 25.5 Å². The Morgan fingerprint density at radius 3 is 2.90 bits per heavy atom. The van der Waals surface area contributed by atoms with Crippen LogP contribution in [0.4, 0.5) is 11.5 Å². The van der Waals surface area contributed by atoms with Crippen molar-refractivity contribution in [1.82, 2.24) is 19.8 Å². The third-order valence-corrected chi connectivity index (χ3v) is 5.93. The summed E-state index contributed by atoms with van der Waals surface area (Å²) < 4.78 is 0. The highest BCUT2D eigenvalue weighted by molar-refractivity contribution is 5.88. The summed E-state index contributed by atoms with van der Waals surface area (Å²) in [6.45, 7) is 4.37. The van der Waals surface area contributed by atoms with Crippen molar-refractivity contribution in [2.75, 3.05) is 50.4 Å². The highest BCUT2D eigenvalue weighted by atomic mass is 16.2. The van der Waals surface area contributed by atoms with Gasteiger partial charge in [0.15, 0.2) is 0 Å². The van der Waals surface area contributed by atoms with E-state index in [0.717, 1.165) is 43.0 Å². The second kappa shape index (κ2) is 9.78. The molecule has 1 amide bonds. The first-order chi connectivity index (χ1) is 15.1. The van der Waals surface area contributed by atoms with E-state index in [1.54, 1.807) is 18.5 Å². The number of hydrogen-bond acceptors (Lipinski definition) is 6. The smallest absolute Gasteiger partial charge is 0.271 e. The molecule has 2 saturated heterocycles. The zero-order chi connectivity index (χ0) is 21.6. The maximum absolute atomic E-state index is 12.5. The summed E-state index contributed by atoms with van der Waals surface area (Å²) in [4.78, 5) is 36.1. The number of amides is 1. The van der Waals surface area contributed by atoms with Crippen molar-refractivity contribution < 1.29 is 4.79 Å². The molecule has 0 aliphatic carbocycles. The average Bonchev–Trinajstić information content (AvgIpc) is 3.47. The van der Waals surface area contributed by atoms with Gasteiger partial charge in [-0.1, -0.05) is 6.08 Å². The SMILES string of the molecule is CNc1cc(-c2c[nH]c(=O)c(N[C@@H]3CCN(C(=O)C=CCN4CCCC4)C3)c2)ccn1. The standard InChI is InChI=1S/C23H30N6O2/c1-24-21-14-17(6-8-25-21)18-13-20(23(31)26-15-18)27-19-7-12-29(16-19)22(30)5-4-11-28-9-2-3-10-28/h4-6,8,13-15,19,27H,2-3,7,9-12,16H2,1H3,(H,24,25)(H,26,31)/t19-/m1/s1. The molecule has 8 heteroatoms. The van der Waals surface area contributed by atoms with Gasteiger partial charge in [0.1, 0.15) is 11.5 Å². The number of hydrogen-bond donors (Lipinski definition) is 3. The Kier molecular flexibility index (Phi) is 6.66. The summed E-state index contributed by atoms with van der Waals surface area (Å²) in [7, 11) is 1.82. The first-order valence-corrected chi connectivity index (χ1v) is 10.9. The number of nitrogens with zero attached hydrogens (tertiary/aromatic N) is 3. The lowest BCUT2D eigenvalue weighted by atomic mass is 10.1. The highest BCUT2D eigenvalue weighted by Gasteiger charge is 2.25. The Labute approximate surface area is 182 Å². The minimum atomic E-state index is -0.165. The zero-order valence-corrected chi connectivity index (χ0v) is 17.9. The van der Waals surface area contributed by atoms with E-state index in [4.69, 9.17) is 0 Å². The quantitative estimate of drug-likeness (QED) is 0.592. The fraction of sp³-hybridized carbons (Fsp3) is 0.435. The van der Waals surface area contributed by atoms with Crippen LogP contribution in [0.3, 0.4) is 0 Å². The molecule has 2 aromatic heterocycles. The van der Waals surface area contributed by atoms with Gasteiger partial charge in [-0.15, -0.1) is 0 Å². The van der Waals surface area contributed by atoms with Crippen LogP contribution in [0.1, 0.15) is 19.3 Å². The second-order valence-electron chi connectivity index (χ2n) is 8.14. The summed E-state index contributed by atoms with van der Waals surface area (Å²) in [5.74, 6) is 0.809. The molecule has 0 radical (unpaired) electrons. The van der Waals surface area contributed by atoms with Crippen LogP contribution in [0.15, 0.2) is 47.5 Å². The lowest BCUT2D eigenvalue weighted by Crippen LogP contribution is -2.31. The summed E-state index contributed by atoms with van der Waals surface area (Å²) in [6.07, 6.45) is 10.4. The summed E-state index contributed by atoms with van der Waals surface area (Å²) in [6, 6.07) is 5.75.